The maximum Gasteiger partial charge on any atom is 0.237 e. The van der Waals surface area contributed by atoms with Crippen LogP contribution in [0.3, 0.4) is 0 Å². The fraction of sp³-hybridized carbons (Fsp3) is 0.462. The molecule has 2 aromatic rings. The normalized spacial score (nSPS) is 25.2. The number of β-amino-alcohol motifs (C(OH)–C–C–N with tert-alkyl or cyclic N) is 1. The van der Waals surface area contributed by atoms with Crippen LogP contribution in [-0.2, 0) is 15.0 Å². The first-order valence-corrected chi connectivity index (χ1v) is 12.3. The van der Waals surface area contributed by atoms with Gasteiger partial charge >= 0.3 is 0 Å². The van der Waals surface area contributed by atoms with E-state index in [1.54, 1.807) is 12.1 Å². The fourth-order valence-electron chi connectivity index (χ4n) is 5.63. The lowest BCUT2D eigenvalue weighted by molar-refractivity contribution is -0.130. The van der Waals surface area contributed by atoms with Crippen molar-refractivity contribution in [3.63, 3.8) is 0 Å². The predicted molar refractivity (Wildman–Crippen MR) is 130 cm³/mol. The number of halogens is 1. The topological polar surface area (TPSA) is 90.9 Å². The van der Waals surface area contributed by atoms with Gasteiger partial charge in [-0.3, -0.25) is 9.59 Å². The highest BCUT2D eigenvalue weighted by atomic mass is 35.5. The highest BCUT2D eigenvalue weighted by Crippen LogP contribution is 2.52. The van der Waals surface area contributed by atoms with Crippen molar-refractivity contribution in [1.82, 2.24) is 10.2 Å². The SMILES string of the molecule is Cc1ccc(OC2CCN(CCO)CC2)c([C@H]2NC(=O)CC[C@]23C(=O)Nc2cc(Cl)ccc23)c1. The molecule has 3 N–H and O–H groups in total. The molecular formula is C26H30ClN3O4. The molecule has 5 rings (SSSR count). The lowest BCUT2D eigenvalue weighted by Crippen LogP contribution is -2.52. The molecule has 2 fully saturated rings. The number of anilines is 1. The Balaban J connectivity index is 1.51. The Morgan fingerprint density at radius 1 is 1.18 bits per heavy atom. The van der Waals surface area contributed by atoms with E-state index in [9.17, 15) is 14.7 Å². The van der Waals surface area contributed by atoms with Crippen molar-refractivity contribution in [3.05, 3.63) is 58.1 Å². The number of likely N-dealkylation sites (tertiary alicyclic amines) is 1. The van der Waals surface area contributed by atoms with Gasteiger partial charge in [0, 0.05) is 42.3 Å². The molecule has 3 aliphatic rings. The zero-order valence-electron chi connectivity index (χ0n) is 19.3. The van der Waals surface area contributed by atoms with Gasteiger partial charge in [0.15, 0.2) is 0 Å². The van der Waals surface area contributed by atoms with E-state index < -0.39 is 11.5 Å². The largest absolute Gasteiger partial charge is 0.490 e. The van der Waals surface area contributed by atoms with Gasteiger partial charge in [0.25, 0.3) is 0 Å². The molecule has 180 valence electrons. The third-order valence-electron chi connectivity index (χ3n) is 7.38. The summed E-state index contributed by atoms with van der Waals surface area (Å²) in [5.74, 6) is 0.503. The Kier molecular flexibility index (Phi) is 6.27. The number of aliphatic hydroxyl groups is 1. The van der Waals surface area contributed by atoms with E-state index >= 15 is 0 Å². The van der Waals surface area contributed by atoms with E-state index in [4.69, 9.17) is 16.3 Å². The molecule has 2 saturated heterocycles. The number of amides is 2. The highest BCUT2D eigenvalue weighted by Gasteiger charge is 2.56. The molecule has 0 radical (unpaired) electrons. The molecule has 1 spiro atoms. The Hall–Kier alpha value is -2.61. The molecule has 0 aliphatic carbocycles. The molecular weight excluding hydrogens is 454 g/mol. The Morgan fingerprint density at radius 2 is 1.97 bits per heavy atom. The third kappa shape index (κ3) is 4.06. The molecule has 8 heteroatoms. The van der Waals surface area contributed by atoms with Gasteiger partial charge in [0.1, 0.15) is 17.3 Å². The number of nitrogens with one attached hydrogen (secondary N) is 2. The quantitative estimate of drug-likeness (QED) is 0.607. The monoisotopic (exact) mass is 483 g/mol. The van der Waals surface area contributed by atoms with E-state index in [-0.39, 0.29) is 30.9 Å². The number of hydrogen-bond donors (Lipinski definition) is 3. The number of aliphatic hydroxyl groups excluding tert-OH is 1. The summed E-state index contributed by atoms with van der Waals surface area (Å²) in [5, 5.41) is 15.9. The third-order valence-corrected chi connectivity index (χ3v) is 7.62. The first-order chi connectivity index (χ1) is 16.4. The number of ether oxygens (including phenoxy) is 1. The van der Waals surface area contributed by atoms with Crippen LogP contribution in [0.25, 0.3) is 0 Å². The van der Waals surface area contributed by atoms with Crippen molar-refractivity contribution in [2.75, 3.05) is 31.6 Å². The molecule has 0 unspecified atom stereocenters. The number of carbonyl (C=O) groups excluding carboxylic acids is 2. The minimum absolute atomic E-state index is 0.0372. The lowest BCUT2D eigenvalue weighted by Gasteiger charge is -2.41. The summed E-state index contributed by atoms with van der Waals surface area (Å²) in [6.45, 7) is 4.57. The van der Waals surface area contributed by atoms with E-state index in [1.165, 1.54) is 0 Å². The summed E-state index contributed by atoms with van der Waals surface area (Å²) in [6, 6.07) is 10.9. The number of rotatable bonds is 5. The van der Waals surface area contributed by atoms with E-state index in [0.29, 0.717) is 29.4 Å². The second-order valence-corrected chi connectivity index (χ2v) is 9.98. The molecule has 0 bridgehead atoms. The average molecular weight is 484 g/mol. The number of nitrogens with zero attached hydrogens (tertiary/aromatic N) is 1. The molecule has 2 amide bonds. The minimum atomic E-state index is -0.926. The van der Waals surface area contributed by atoms with Crippen LogP contribution in [0.15, 0.2) is 36.4 Å². The summed E-state index contributed by atoms with van der Waals surface area (Å²) < 4.78 is 6.51. The van der Waals surface area contributed by atoms with E-state index in [2.05, 4.69) is 15.5 Å². The summed E-state index contributed by atoms with van der Waals surface area (Å²) >= 11 is 6.20. The number of benzene rings is 2. The summed E-state index contributed by atoms with van der Waals surface area (Å²) in [5.41, 5.74) is 2.49. The summed E-state index contributed by atoms with van der Waals surface area (Å²) in [4.78, 5) is 28.4. The van der Waals surface area contributed by atoms with Gasteiger partial charge in [-0.15, -0.1) is 0 Å². The van der Waals surface area contributed by atoms with Gasteiger partial charge in [-0.1, -0.05) is 35.4 Å². The summed E-state index contributed by atoms with van der Waals surface area (Å²) in [7, 11) is 0. The van der Waals surface area contributed by atoms with Gasteiger partial charge in [0.2, 0.25) is 11.8 Å². The molecule has 0 aromatic heterocycles. The second kappa shape index (κ2) is 9.21. The number of carbonyl (C=O) groups is 2. The van der Waals surface area contributed by atoms with Crippen LogP contribution in [0.1, 0.15) is 48.4 Å². The van der Waals surface area contributed by atoms with Crippen LogP contribution in [0, 0.1) is 6.92 Å². The predicted octanol–water partition coefficient (Wildman–Crippen LogP) is 3.33. The highest BCUT2D eigenvalue weighted by molar-refractivity contribution is 6.31. The van der Waals surface area contributed by atoms with Crippen LogP contribution in [0.5, 0.6) is 5.75 Å². The summed E-state index contributed by atoms with van der Waals surface area (Å²) in [6.07, 6.45) is 2.44. The van der Waals surface area contributed by atoms with Gasteiger partial charge in [-0.05, 0) is 49.9 Å². The van der Waals surface area contributed by atoms with Crippen molar-refractivity contribution in [3.8, 4) is 5.75 Å². The van der Waals surface area contributed by atoms with Crippen LogP contribution in [0.4, 0.5) is 5.69 Å². The molecule has 3 heterocycles. The molecule has 2 atom stereocenters. The molecule has 2 aromatic carbocycles. The zero-order valence-corrected chi connectivity index (χ0v) is 20.0. The average Bonchev–Trinajstić information content (AvgIpc) is 3.08. The van der Waals surface area contributed by atoms with E-state index in [1.807, 2.05) is 31.2 Å². The Morgan fingerprint density at radius 3 is 2.74 bits per heavy atom. The van der Waals surface area contributed by atoms with Crippen molar-refractivity contribution in [2.45, 2.75) is 50.2 Å². The van der Waals surface area contributed by atoms with Gasteiger partial charge in [-0.2, -0.15) is 0 Å². The number of hydrogen-bond acceptors (Lipinski definition) is 5. The maximum absolute atomic E-state index is 13.5. The van der Waals surface area contributed by atoms with Crippen molar-refractivity contribution in [2.24, 2.45) is 0 Å². The van der Waals surface area contributed by atoms with Gasteiger partial charge < -0.3 is 25.4 Å². The minimum Gasteiger partial charge on any atom is -0.490 e. The lowest BCUT2D eigenvalue weighted by atomic mass is 9.67. The molecule has 3 aliphatic heterocycles. The van der Waals surface area contributed by atoms with Crippen LogP contribution in [0.2, 0.25) is 5.02 Å². The molecule has 34 heavy (non-hydrogen) atoms. The van der Waals surface area contributed by atoms with E-state index in [0.717, 1.165) is 42.6 Å². The Labute approximate surface area is 204 Å². The first kappa shape index (κ1) is 23.1. The standard InChI is InChI=1S/C26H30ClN3O4/c1-16-2-5-22(34-18-7-10-30(11-8-18)12-13-31)19(14-16)24-26(9-6-23(32)29-24)20-4-3-17(27)15-21(20)28-25(26)33/h2-5,14-15,18,24,31H,6-13H2,1H3,(H,28,33)(H,29,32)/t24-,26-/m1/s1. The van der Waals surface area contributed by atoms with Crippen LogP contribution < -0.4 is 15.4 Å². The van der Waals surface area contributed by atoms with Crippen molar-refractivity contribution in [1.29, 1.82) is 0 Å². The number of aryl methyl sites for hydroxylation is 1. The van der Waals surface area contributed by atoms with Crippen LogP contribution in [-0.4, -0.2) is 54.2 Å². The van der Waals surface area contributed by atoms with Crippen LogP contribution >= 0.6 is 11.6 Å². The fourth-order valence-corrected chi connectivity index (χ4v) is 5.80. The first-order valence-electron chi connectivity index (χ1n) is 11.9. The number of fused-ring (bicyclic) bond motifs is 2. The second-order valence-electron chi connectivity index (χ2n) is 9.54. The van der Waals surface area contributed by atoms with Gasteiger partial charge in [-0.25, -0.2) is 0 Å². The van der Waals surface area contributed by atoms with Crippen molar-refractivity contribution < 1.29 is 19.4 Å². The molecule has 0 saturated carbocycles. The smallest absolute Gasteiger partial charge is 0.237 e. The Bertz CT molecular complexity index is 1120. The zero-order chi connectivity index (χ0) is 23.9. The molecule has 7 nitrogen and oxygen atoms in total. The maximum atomic E-state index is 13.5. The number of piperidine rings is 2. The van der Waals surface area contributed by atoms with Crippen molar-refractivity contribution >= 4 is 29.1 Å². The van der Waals surface area contributed by atoms with Gasteiger partial charge in [0.05, 0.1) is 12.6 Å².